The van der Waals surface area contributed by atoms with E-state index in [4.69, 9.17) is 0 Å². The van der Waals surface area contributed by atoms with Gasteiger partial charge in [-0.25, -0.2) is 0 Å². The summed E-state index contributed by atoms with van der Waals surface area (Å²) in [6.45, 7) is 6.29. The molecule has 2 aromatic heterocycles. The first-order valence-corrected chi connectivity index (χ1v) is 8.29. The van der Waals surface area contributed by atoms with Crippen molar-refractivity contribution in [1.82, 2.24) is 15.1 Å². The molecule has 1 atom stereocenters. The van der Waals surface area contributed by atoms with Crippen LogP contribution in [0.2, 0.25) is 0 Å². The minimum Gasteiger partial charge on any atom is -0.343 e. The Morgan fingerprint density at radius 3 is 2.76 bits per heavy atom. The molecule has 0 saturated carbocycles. The van der Waals surface area contributed by atoms with Crippen LogP contribution in [0.15, 0.2) is 23.6 Å². The summed E-state index contributed by atoms with van der Waals surface area (Å²) in [5, 5.41) is 9.59. The highest BCUT2D eigenvalue weighted by atomic mass is 32.1. The third kappa shape index (κ3) is 3.73. The van der Waals surface area contributed by atoms with Gasteiger partial charge in [-0.15, -0.1) is 11.3 Å². The number of nitrogens with zero attached hydrogens (tertiary/aromatic N) is 2. The van der Waals surface area contributed by atoms with Gasteiger partial charge in [0.05, 0.1) is 11.7 Å². The van der Waals surface area contributed by atoms with Crippen molar-refractivity contribution in [1.29, 1.82) is 0 Å². The third-order valence-electron chi connectivity index (χ3n) is 3.49. The van der Waals surface area contributed by atoms with Crippen LogP contribution in [0, 0.1) is 0 Å². The molecule has 5 heteroatoms. The van der Waals surface area contributed by atoms with Crippen molar-refractivity contribution in [3.63, 3.8) is 0 Å². The van der Waals surface area contributed by atoms with E-state index in [9.17, 15) is 4.79 Å². The van der Waals surface area contributed by atoms with Gasteiger partial charge in [0, 0.05) is 11.9 Å². The second-order valence-corrected chi connectivity index (χ2v) is 6.54. The zero-order valence-electron chi connectivity index (χ0n) is 13.1. The molecule has 4 nitrogen and oxygen atoms in total. The van der Waals surface area contributed by atoms with Crippen molar-refractivity contribution in [2.45, 2.75) is 45.6 Å². The summed E-state index contributed by atoms with van der Waals surface area (Å²) in [6.07, 6.45) is 1.98. The number of aryl methyl sites for hydroxylation is 1. The second kappa shape index (κ2) is 6.89. The molecule has 0 fully saturated rings. The van der Waals surface area contributed by atoms with Gasteiger partial charge in [0.25, 0.3) is 5.91 Å². The molecule has 2 rings (SSSR count). The molecule has 0 bridgehead atoms. The molecule has 0 unspecified atom stereocenters. The minimum atomic E-state index is -0.0521. The molecule has 2 aromatic rings. The smallest absolute Gasteiger partial charge is 0.270 e. The Morgan fingerprint density at radius 2 is 2.24 bits per heavy atom. The van der Waals surface area contributed by atoms with Crippen LogP contribution in [0.5, 0.6) is 0 Å². The maximum Gasteiger partial charge on any atom is 0.270 e. The van der Waals surface area contributed by atoms with Crippen molar-refractivity contribution in [2.24, 2.45) is 7.05 Å². The number of thiophene rings is 1. The van der Waals surface area contributed by atoms with Crippen molar-refractivity contribution in [3.05, 3.63) is 39.8 Å². The molecule has 0 saturated heterocycles. The molecule has 1 N–H and O–H groups in total. The SMILES string of the molecule is CCC[C@H](NC(=O)c1cc(C(C)C)nn1C)c1cccs1. The van der Waals surface area contributed by atoms with Gasteiger partial charge in [-0.1, -0.05) is 33.3 Å². The largest absolute Gasteiger partial charge is 0.343 e. The summed E-state index contributed by atoms with van der Waals surface area (Å²) in [7, 11) is 1.82. The van der Waals surface area contributed by atoms with E-state index in [-0.39, 0.29) is 11.9 Å². The topological polar surface area (TPSA) is 46.9 Å². The quantitative estimate of drug-likeness (QED) is 0.880. The van der Waals surface area contributed by atoms with Gasteiger partial charge >= 0.3 is 0 Å². The number of carbonyl (C=O) groups excluding carboxylic acids is 1. The summed E-state index contributed by atoms with van der Waals surface area (Å²) in [5.74, 6) is 0.269. The van der Waals surface area contributed by atoms with E-state index < -0.39 is 0 Å². The first-order valence-electron chi connectivity index (χ1n) is 7.41. The fourth-order valence-electron chi connectivity index (χ4n) is 2.28. The zero-order chi connectivity index (χ0) is 15.4. The van der Waals surface area contributed by atoms with Gasteiger partial charge in [-0.3, -0.25) is 9.48 Å². The van der Waals surface area contributed by atoms with E-state index >= 15 is 0 Å². The standard InChI is InChI=1S/C16H23N3OS/c1-5-7-12(15-8-6-9-21-15)17-16(20)14-10-13(11(2)3)18-19(14)4/h6,8-12H,5,7H2,1-4H3,(H,17,20)/t12-/m0/s1. The van der Waals surface area contributed by atoms with Crippen LogP contribution in [-0.2, 0) is 7.05 Å². The highest BCUT2D eigenvalue weighted by Gasteiger charge is 2.19. The van der Waals surface area contributed by atoms with Crippen LogP contribution in [0.3, 0.4) is 0 Å². The van der Waals surface area contributed by atoms with Gasteiger partial charge < -0.3 is 5.32 Å². The Bertz CT molecular complexity index is 587. The molecule has 0 aliphatic carbocycles. The predicted molar refractivity (Wildman–Crippen MR) is 86.7 cm³/mol. The lowest BCUT2D eigenvalue weighted by Crippen LogP contribution is -2.29. The van der Waals surface area contributed by atoms with Crippen LogP contribution in [0.4, 0.5) is 0 Å². The molecule has 0 aliphatic heterocycles. The van der Waals surface area contributed by atoms with E-state index in [1.165, 1.54) is 4.88 Å². The Labute approximate surface area is 130 Å². The number of nitrogens with one attached hydrogen (secondary N) is 1. The fraction of sp³-hybridized carbons (Fsp3) is 0.500. The van der Waals surface area contributed by atoms with Gasteiger partial charge in [0.15, 0.2) is 0 Å². The third-order valence-corrected chi connectivity index (χ3v) is 4.48. The Kier molecular flexibility index (Phi) is 5.17. The van der Waals surface area contributed by atoms with Crippen LogP contribution in [0.25, 0.3) is 0 Å². The molecule has 0 aromatic carbocycles. The van der Waals surface area contributed by atoms with Crippen molar-refractivity contribution >= 4 is 17.2 Å². The van der Waals surface area contributed by atoms with Crippen LogP contribution < -0.4 is 5.32 Å². The zero-order valence-corrected chi connectivity index (χ0v) is 13.9. The molecule has 114 valence electrons. The fourth-order valence-corrected chi connectivity index (χ4v) is 3.09. The molecular formula is C16H23N3OS. The first kappa shape index (κ1) is 15.8. The lowest BCUT2D eigenvalue weighted by atomic mass is 10.1. The predicted octanol–water partition coefficient (Wildman–Crippen LogP) is 3.88. The van der Waals surface area contributed by atoms with E-state index in [1.807, 2.05) is 24.6 Å². The summed E-state index contributed by atoms with van der Waals surface area (Å²) in [5.41, 5.74) is 1.57. The molecule has 0 spiro atoms. The van der Waals surface area contributed by atoms with E-state index in [0.29, 0.717) is 11.6 Å². The minimum absolute atomic E-state index is 0.0521. The monoisotopic (exact) mass is 305 g/mol. The normalized spacial score (nSPS) is 12.6. The molecule has 1 amide bonds. The number of hydrogen-bond donors (Lipinski definition) is 1. The average Bonchev–Trinajstić information content (AvgIpc) is 3.07. The van der Waals surface area contributed by atoms with Crippen molar-refractivity contribution < 1.29 is 4.79 Å². The summed E-state index contributed by atoms with van der Waals surface area (Å²) in [4.78, 5) is 13.7. The maximum absolute atomic E-state index is 12.5. The number of rotatable bonds is 6. The Hall–Kier alpha value is -1.62. The van der Waals surface area contributed by atoms with Crippen molar-refractivity contribution in [3.8, 4) is 0 Å². The summed E-state index contributed by atoms with van der Waals surface area (Å²) in [6, 6.07) is 6.07. The highest BCUT2D eigenvalue weighted by molar-refractivity contribution is 7.10. The summed E-state index contributed by atoms with van der Waals surface area (Å²) < 4.78 is 1.67. The van der Waals surface area contributed by atoms with Crippen LogP contribution in [-0.4, -0.2) is 15.7 Å². The first-order chi connectivity index (χ1) is 10.0. The van der Waals surface area contributed by atoms with E-state index in [2.05, 4.69) is 37.3 Å². The summed E-state index contributed by atoms with van der Waals surface area (Å²) >= 11 is 1.69. The lowest BCUT2D eigenvalue weighted by molar-refractivity contribution is 0.0925. The molecule has 21 heavy (non-hydrogen) atoms. The average molecular weight is 305 g/mol. The maximum atomic E-state index is 12.5. The Balaban J connectivity index is 2.15. The molecule has 0 radical (unpaired) electrons. The number of amides is 1. The highest BCUT2D eigenvalue weighted by Crippen LogP contribution is 2.24. The van der Waals surface area contributed by atoms with Gasteiger partial charge in [0.2, 0.25) is 0 Å². The van der Waals surface area contributed by atoms with E-state index in [1.54, 1.807) is 16.0 Å². The molecular weight excluding hydrogens is 282 g/mol. The van der Waals surface area contributed by atoms with E-state index in [0.717, 1.165) is 18.5 Å². The van der Waals surface area contributed by atoms with Gasteiger partial charge in [-0.2, -0.15) is 5.10 Å². The number of hydrogen-bond acceptors (Lipinski definition) is 3. The Morgan fingerprint density at radius 1 is 1.48 bits per heavy atom. The molecule has 0 aliphatic rings. The van der Waals surface area contributed by atoms with Crippen molar-refractivity contribution in [2.75, 3.05) is 0 Å². The number of aromatic nitrogens is 2. The number of carbonyl (C=O) groups is 1. The second-order valence-electron chi connectivity index (χ2n) is 5.56. The van der Waals surface area contributed by atoms with Gasteiger partial charge in [0.1, 0.15) is 5.69 Å². The van der Waals surface area contributed by atoms with Gasteiger partial charge in [-0.05, 0) is 29.9 Å². The lowest BCUT2D eigenvalue weighted by Gasteiger charge is -2.16. The van der Waals surface area contributed by atoms with Crippen LogP contribution >= 0.6 is 11.3 Å². The molecule has 2 heterocycles. The van der Waals surface area contributed by atoms with Crippen LogP contribution in [0.1, 0.15) is 66.6 Å².